The molecule has 0 bridgehead atoms. The van der Waals surface area contributed by atoms with Gasteiger partial charge < -0.3 is 5.32 Å². The lowest BCUT2D eigenvalue weighted by atomic mass is 10.2. The van der Waals surface area contributed by atoms with E-state index in [0.717, 1.165) is 17.9 Å². The summed E-state index contributed by atoms with van der Waals surface area (Å²) < 4.78 is 1.74. The number of fused-ring (bicyclic) bond motifs is 1. The molecular weight excluding hydrogens is 188 g/mol. The van der Waals surface area contributed by atoms with Gasteiger partial charge in [-0.1, -0.05) is 6.08 Å². The average molecular weight is 202 g/mol. The summed E-state index contributed by atoms with van der Waals surface area (Å²) in [6.45, 7) is 5.81. The maximum atomic E-state index is 4.41. The molecule has 78 valence electrons. The molecule has 1 atom stereocenters. The third kappa shape index (κ3) is 2.15. The van der Waals surface area contributed by atoms with Gasteiger partial charge in [-0.2, -0.15) is 5.10 Å². The van der Waals surface area contributed by atoms with Crippen molar-refractivity contribution >= 4 is 11.5 Å². The molecule has 1 N–H and O–H groups in total. The number of aromatic nitrogens is 3. The number of anilines is 1. The topological polar surface area (TPSA) is 42.2 Å². The minimum absolute atomic E-state index is 0.348. The van der Waals surface area contributed by atoms with Gasteiger partial charge in [0.2, 0.25) is 0 Å². The first-order chi connectivity index (χ1) is 7.29. The molecule has 0 amide bonds. The summed E-state index contributed by atoms with van der Waals surface area (Å²) in [4.78, 5) is 4.41. The first-order valence-electron chi connectivity index (χ1n) is 4.97. The Morgan fingerprint density at radius 1 is 1.60 bits per heavy atom. The second-order valence-corrected chi connectivity index (χ2v) is 3.52. The number of hydrogen-bond acceptors (Lipinski definition) is 3. The second kappa shape index (κ2) is 4.13. The third-order valence-corrected chi connectivity index (χ3v) is 2.17. The Labute approximate surface area is 88.6 Å². The molecule has 2 aromatic heterocycles. The lowest BCUT2D eigenvalue weighted by molar-refractivity contribution is 0.805. The van der Waals surface area contributed by atoms with E-state index in [2.05, 4.69) is 28.9 Å². The number of hydrogen-bond donors (Lipinski definition) is 1. The summed E-state index contributed by atoms with van der Waals surface area (Å²) in [7, 11) is 0. The molecule has 2 aromatic rings. The number of rotatable bonds is 4. The monoisotopic (exact) mass is 202 g/mol. The second-order valence-electron chi connectivity index (χ2n) is 3.52. The molecule has 4 heteroatoms. The Morgan fingerprint density at radius 2 is 2.47 bits per heavy atom. The Bertz CT molecular complexity index is 460. The fourth-order valence-corrected chi connectivity index (χ4v) is 1.45. The minimum atomic E-state index is 0.348. The van der Waals surface area contributed by atoms with Crippen LogP contribution >= 0.6 is 0 Å². The molecule has 0 spiro atoms. The summed E-state index contributed by atoms with van der Waals surface area (Å²) in [6.07, 6.45) is 6.45. The molecule has 0 saturated heterocycles. The first kappa shape index (κ1) is 9.71. The van der Waals surface area contributed by atoms with E-state index in [1.807, 2.05) is 24.4 Å². The maximum Gasteiger partial charge on any atom is 0.157 e. The predicted molar refractivity (Wildman–Crippen MR) is 60.9 cm³/mol. The Kier molecular flexibility index (Phi) is 2.67. The standard InChI is InChI=1S/C11H14N4/c1-3-4-9(2)13-10-6-8-15-11(14-10)5-7-12-15/h3,5-9H,1,4H2,2H3,(H,13,14). The van der Waals surface area contributed by atoms with Gasteiger partial charge in [0.25, 0.3) is 0 Å². The molecule has 0 fully saturated rings. The highest BCUT2D eigenvalue weighted by Gasteiger charge is 2.01. The van der Waals surface area contributed by atoms with E-state index in [0.29, 0.717) is 6.04 Å². The van der Waals surface area contributed by atoms with Crippen LogP contribution < -0.4 is 5.32 Å². The largest absolute Gasteiger partial charge is 0.367 e. The maximum absolute atomic E-state index is 4.41. The van der Waals surface area contributed by atoms with Gasteiger partial charge in [0.05, 0.1) is 6.20 Å². The third-order valence-electron chi connectivity index (χ3n) is 2.17. The van der Waals surface area contributed by atoms with Crippen molar-refractivity contribution in [1.82, 2.24) is 14.6 Å². The molecule has 0 radical (unpaired) electrons. The van der Waals surface area contributed by atoms with Crippen LogP contribution in [0.2, 0.25) is 0 Å². The summed E-state index contributed by atoms with van der Waals surface area (Å²) in [5.41, 5.74) is 0.853. The van der Waals surface area contributed by atoms with Gasteiger partial charge in [0.1, 0.15) is 5.82 Å². The van der Waals surface area contributed by atoms with Crippen LogP contribution in [-0.4, -0.2) is 20.6 Å². The van der Waals surface area contributed by atoms with Crippen molar-refractivity contribution in [3.05, 3.63) is 37.2 Å². The van der Waals surface area contributed by atoms with Crippen LogP contribution in [0.5, 0.6) is 0 Å². The van der Waals surface area contributed by atoms with Gasteiger partial charge in [-0.05, 0) is 19.4 Å². The van der Waals surface area contributed by atoms with E-state index in [1.165, 1.54) is 0 Å². The van der Waals surface area contributed by atoms with Gasteiger partial charge in [-0.25, -0.2) is 9.50 Å². The van der Waals surface area contributed by atoms with E-state index < -0.39 is 0 Å². The normalized spacial score (nSPS) is 12.6. The SMILES string of the molecule is C=CCC(C)Nc1ccn2nccc2n1. The van der Waals surface area contributed by atoms with Crippen molar-refractivity contribution in [3.63, 3.8) is 0 Å². The van der Waals surface area contributed by atoms with E-state index in [9.17, 15) is 0 Å². The number of nitrogens with one attached hydrogen (secondary N) is 1. The smallest absolute Gasteiger partial charge is 0.157 e. The summed E-state index contributed by atoms with van der Waals surface area (Å²) >= 11 is 0. The molecule has 0 aliphatic carbocycles. The van der Waals surface area contributed by atoms with Gasteiger partial charge in [0, 0.05) is 18.3 Å². The molecule has 4 nitrogen and oxygen atoms in total. The van der Waals surface area contributed by atoms with Crippen LogP contribution in [0.15, 0.2) is 37.2 Å². The fourth-order valence-electron chi connectivity index (χ4n) is 1.45. The summed E-state index contributed by atoms with van der Waals surface area (Å²) in [6, 6.07) is 4.14. The fraction of sp³-hybridized carbons (Fsp3) is 0.273. The zero-order valence-corrected chi connectivity index (χ0v) is 8.72. The van der Waals surface area contributed by atoms with Crippen LogP contribution in [-0.2, 0) is 0 Å². The highest BCUT2D eigenvalue weighted by atomic mass is 15.2. The van der Waals surface area contributed by atoms with Crippen molar-refractivity contribution < 1.29 is 0 Å². The van der Waals surface area contributed by atoms with Crippen LogP contribution in [0.3, 0.4) is 0 Å². The molecule has 0 saturated carbocycles. The van der Waals surface area contributed by atoms with Crippen molar-refractivity contribution in [3.8, 4) is 0 Å². The highest BCUT2D eigenvalue weighted by Crippen LogP contribution is 2.08. The molecule has 0 aliphatic rings. The van der Waals surface area contributed by atoms with Crippen LogP contribution in [0, 0.1) is 0 Å². The lowest BCUT2D eigenvalue weighted by Crippen LogP contribution is -2.15. The molecule has 15 heavy (non-hydrogen) atoms. The van der Waals surface area contributed by atoms with Crippen LogP contribution in [0.4, 0.5) is 5.82 Å². The Balaban J connectivity index is 2.17. The Morgan fingerprint density at radius 3 is 3.27 bits per heavy atom. The lowest BCUT2D eigenvalue weighted by Gasteiger charge is -2.11. The average Bonchev–Trinajstić information content (AvgIpc) is 2.65. The van der Waals surface area contributed by atoms with E-state index in [4.69, 9.17) is 0 Å². The predicted octanol–water partition coefficient (Wildman–Crippen LogP) is 2.11. The molecular formula is C11H14N4. The number of nitrogens with zero attached hydrogens (tertiary/aromatic N) is 3. The van der Waals surface area contributed by atoms with Crippen molar-refractivity contribution in [2.45, 2.75) is 19.4 Å². The quantitative estimate of drug-likeness (QED) is 0.772. The minimum Gasteiger partial charge on any atom is -0.367 e. The highest BCUT2D eigenvalue weighted by molar-refractivity contribution is 5.45. The summed E-state index contributed by atoms with van der Waals surface area (Å²) in [5.74, 6) is 0.873. The zero-order chi connectivity index (χ0) is 10.7. The van der Waals surface area contributed by atoms with Crippen molar-refractivity contribution in [2.75, 3.05) is 5.32 Å². The van der Waals surface area contributed by atoms with E-state index in [1.54, 1.807) is 10.7 Å². The van der Waals surface area contributed by atoms with Gasteiger partial charge >= 0.3 is 0 Å². The van der Waals surface area contributed by atoms with E-state index >= 15 is 0 Å². The first-order valence-corrected chi connectivity index (χ1v) is 4.97. The zero-order valence-electron chi connectivity index (χ0n) is 8.72. The molecule has 0 aromatic carbocycles. The van der Waals surface area contributed by atoms with Crippen LogP contribution in [0.25, 0.3) is 5.65 Å². The van der Waals surface area contributed by atoms with E-state index in [-0.39, 0.29) is 0 Å². The van der Waals surface area contributed by atoms with Gasteiger partial charge in [-0.15, -0.1) is 6.58 Å². The van der Waals surface area contributed by atoms with Crippen molar-refractivity contribution in [2.24, 2.45) is 0 Å². The molecule has 0 aliphatic heterocycles. The van der Waals surface area contributed by atoms with Crippen LogP contribution in [0.1, 0.15) is 13.3 Å². The molecule has 2 heterocycles. The Hall–Kier alpha value is -1.84. The molecule has 2 rings (SSSR count). The van der Waals surface area contributed by atoms with Gasteiger partial charge in [-0.3, -0.25) is 0 Å². The van der Waals surface area contributed by atoms with Crippen molar-refractivity contribution in [1.29, 1.82) is 0 Å². The molecule has 1 unspecified atom stereocenters. The van der Waals surface area contributed by atoms with Gasteiger partial charge in [0.15, 0.2) is 5.65 Å². The summed E-state index contributed by atoms with van der Waals surface area (Å²) in [5, 5.41) is 7.39.